The third-order valence-electron chi connectivity index (χ3n) is 9.67. The molecule has 278 valence electrons. The van der Waals surface area contributed by atoms with Gasteiger partial charge in [0.1, 0.15) is 12.4 Å². The van der Waals surface area contributed by atoms with Crippen molar-refractivity contribution in [3.05, 3.63) is 90.0 Å². The maximum absolute atomic E-state index is 15.5. The number of nitrogens with zero attached hydrogens (tertiary/aromatic N) is 5. The van der Waals surface area contributed by atoms with E-state index in [0.717, 1.165) is 47.0 Å². The number of amides is 1. The van der Waals surface area contributed by atoms with E-state index in [0.29, 0.717) is 18.0 Å². The molecule has 3 aromatic carbocycles. The van der Waals surface area contributed by atoms with Gasteiger partial charge in [0.15, 0.2) is 0 Å². The van der Waals surface area contributed by atoms with Crippen molar-refractivity contribution in [2.45, 2.75) is 72.2 Å². The summed E-state index contributed by atoms with van der Waals surface area (Å²) in [4.78, 5) is 31.0. The summed E-state index contributed by atoms with van der Waals surface area (Å²) in [6, 6.07) is 25.3. The fourth-order valence-electron chi connectivity index (χ4n) is 6.57. The van der Waals surface area contributed by atoms with Crippen molar-refractivity contribution in [1.82, 2.24) is 24.6 Å². The number of fused-ring (bicyclic) bond motifs is 1. The molecule has 0 spiro atoms. The fourth-order valence-corrected chi connectivity index (χ4v) is 9.89. The minimum absolute atomic E-state index is 0.0249. The Labute approximate surface area is 313 Å². The van der Waals surface area contributed by atoms with E-state index < -0.39 is 36.7 Å². The number of rotatable bonds is 11. The Balaban J connectivity index is 1.22. The molecule has 0 aliphatic carbocycles. The van der Waals surface area contributed by atoms with E-state index >= 15 is 4.39 Å². The summed E-state index contributed by atoms with van der Waals surface area (Å²) in [5.41, 5.74) is 3.84. The molecule has 2 saturated heterocycles. The summed E-state index contributed by atoms with van der Waals surface area (Å²) in [6.07, 6.45) is -0.0956. The molecule has 11 nitrogen and oxygen atoms in total. The van der Waals surface area contributed by atoms with E-state index in [-0.39, 0.29) is 50.8 Å². The predicted molar refractivity (Wildman–Crippen MR) is 202 cm³/mol. The van der Waals surface area contributed by atoms with Gasteiger partial charge in [-0.1, -0.05) is 30.3 Å². The number of carbonyl (C=O) groups excluding carboxylic acids is 1. The molecule has 3 unspecified atom stereocenters. The first-order chi connectivity index (χ1) is 25.6. The zero-order chi connectivity index (χ0) is 37.0. The van der Waals surface area contributed by atoms with Crippen LogP contribution in [0.3, 0.4) is 0 Å². The first-order valence-electron chi connectivity index (χ1n) is 18.2. The molecule has 0 saturated carbocycles. The quantitative estimate of drug-likeness (QED) is 0.126. The van der Waals surface area contributed by atoms with Crippen LogP contribution in [-0.2, 0) is 22.7 Å². The van der Waals surface area contributed by atoms with Gasteiger partial charge in [-0.05, 0) is 5.56 Å². The summed E-state index contributed by atoms with van der Waals surface area (Å²) in [6.45, 7) is 1.19. The number of halogens is 1. The molecular weight excluding hydrogens is 784 g/mol. The Kier molecular flexibility index (Phi) is 11.3. The molecule has 2 aromatic heterocycles. The Morgan fingerprint density at radius 3 is 2.47 bits per heavy atom. The van der Waals surface area contributed by atoms with E-state index in [9.17, 15) is 4.79 Å². The van der Waals surface area contributed by atoms with E-state index in [1.165, 1.54) is 8.48 Å². The molecule has 2 aliphatic rings. The predicted octanol–water partition coefficient (Wildman–Crippen LogP) is 7.45. The number of hydrogen-bond acceptors (Lipinski definition) is 9. The zero-order valence-electron chi connectivity index (χ0n) is 30.7. The van der Waals surface area contributed by atoms with E-state index in [2.05, 4.69) is 38.0 Å². The minimum atomic E-state index is -2.52. The second-order valence-electron chi connectivity index (χ2n) is 14.6. The molecular formula is C40H46FN5O6Sn. The van der Waals surface area contributed by atoms with Gasteiger partial charge in [-0.2, -0.15) is 0 Å². The summed E-state index contributed by atoms with van der Waals surface area (Å²) >= 11 is -2.52. The average Bonchev–Trinajstić information content (AvgIpc) is 3.57. The van der Waals surface area contributed by atoms with Gasteiger partial charge in [-0.25, -0.2) is 4.79 Å². The van der Waals surface area contributed by atoms with E-state index in [1.54, 1.807) is 13.2 Å². The van der Waals surface area contributed by atoms with Crippen LogP contribution in [0.25, 0.3) is 22.3 Å². The van der Waals surface area contributed by atoms with Crippen LogP contribution in [0.5, 0.6) is 17.6 Å². The van der Waals surface area contributed by atoms with Crippen LogP contribution in [-0.4, -0.2) is 88.2 Å². The number of piperidine rings is 1. The first kappa shape index (κ1) is 36.9. The number of ether oxygens (including phenoxy) is 5. The Morgan fingerprint density at radius 1 is 0.943 bits per heavy atom. The van der Waals surface area contributed by atoms with Gasteiger partial charge in [0, 0.05) is 0 Å². The maximum atomic E-state index is 15.5. The number of carbonyl (C=O) groups is 1. The molecule has 7 rings (SSSR count). The van der Waals surface area contributed by atoms with E-state index in [1.807, 2.05) is 59.3 Å². The topological polar surface area (TPSA) is 110 Å². The average molecular weight is 831 g/mol. The normalized spacial score (nSPS) is 19.2. The van der Waals surface area contributed by atoms with Crippen molar-refractivity contribution in [2.75, 3.05) is 26.8 Å². The molecule has 2 fully saturated rings. The number of alkyl halides is 1. The molecule has 3 atom stereocenters. The van der Waals surface area contributed by atoms with Crippen LogP contribution >= 0.6 is 0 Å². The third kappa shape index (κ3) is 8.86. The molecule has 1 amide bonds. The van der Waals surface area contributed by atoms with Gasteiger partial charge in [0.05, 0.1) is 7.11 Å². The van der Waals surface area contributed by atoms with Crippen LogP contribution in [0.15, 0.2) is 78.9 Å². The number of likely N-dealkylation sites (tertiary alicyclic amines) is 1. The molecule has 53 heavy (non-hydrogen) atoms. The van der Waals surface area contributed by atoms with Gasteiger partial charge < -0.3 is 9.47 Å². The number of benzene rings is 3. The van der Waals surface area contributed by atoms with Crippen molar-refractivity contribution in [3.8, 4) is 29.0 Å². The number of methoxy groups -OCH3 is 1. The van der Waals surface area contributed by atoms with Crippen molar-refractivity contribution >= 4 is 39.0 Å². The van der Waals surface area contributed by atoms with Crippen molar-refractivity contribution < 1.29 is 32.9 Å². The van der Waals surface area contributed by atoms with Crippen LogP contribution < -0.4 is 17.8 Å². The number of hydrogen-bond donors (Lipinski definition) is 0. The zero-order valence-corrected chi connectivity index (χ0v) is 33.5. The number of aromatic nitrogens is 4. The standard InChI is InChI=1S/C37H37FN5O6.3CH3.Sn/c1-45-27-16-14-26(15-17-27)23-47-33-21-30(35-28-11-5-6-12-31(28)43(41-35)34-13-7-8-20-46-34)39-36(40-33)49-32-22-42(19-18-29(32)38)37(44)48-24-25-9-3-2-4-10-25;;;;/h2-4,6,9-12,14-17,21,29,32,34H,7-8,13,18-20,22-24H2,1H3;3*1H3;. The summed E-state index contributed by atoms with van der Waals surface area (Å²) in [5, 5.41) is 6.07. The van der Waals surface area contributed by atoms with Crippen LogP contribution in [0.2, 0.25) is 14.8 Å². The van der Waals surface area contributed by atoms with Crippen molar-refractivity contribution in [3.63, 3.8) is 0 Å². The van der Waals surface area contributed by atoms with Gasteiger partial charge in [0.25, 0.3) is 0 Å². The third-order valence-corrected chi connectivity index (χ3v) is 15.5. The van der Waals surface area contributed by atoms with Crippen LogP contribution in [0, 0.1) is 0 Å². The summed E-state index contributed by atoms with van der Waals surface area (Å²) in [5.74, 6) is 0.984. The Bertz CT molecular complexity index is 2020. The molecule has 2 aliphatic heterocycles. The van der Waals surface area contributed by atoms with E-state index in [4.69, 9.17) is 33.8 Å². The molecule has 0 N–H and O–H groups in total. The SMILES string of the molecule is COc1ccc(COc2cc(-c3nn(C4CCCCO4)c4cc[c]([Sn]([CH3])([CH3])[CH3])cc34)nc(OC3CN(C(=O)OCc4ccccc4)CCC3F)n2)cc1. The second-order valence-corrected chi connectivity index (χ2v) is 29.0. The van der Waals surface area contributed by atoms with Gasteiger partial charge >= 0.3 is 245 Å². The van der Waals surface area contributed by atoms with Gasteiger partial charge in [0.2, 0.25) is 0 Å². The Hall–Kier alpha value is -4.43. The second kappa shape index (κ2) is 16.3. The summed E-state index contributed by atoms with van der Waals surface area (Å²) < 4.78 is 48.3. The van der Waals surface area contributed by atoms with Crippen molar-refractivity contribution in [2.24, 2.45) is 0 Å². The van der Waals surface area contributed by atoms with Crippen LogP contribution in [0.1, 0.15) is 43.0 Å². The summed E-state index contributed by atoms with van der Waals surface area (Å²) in [7, 11) is 1.62. The molecule has 5 aromatic rings. The Morgan fingerprint density at radius 2 is 1.74 bits per heavy atom. The first-order valence-corrected chi connectivity index (χ1v) is 28.2. The monoisotopic (exact) mass is 831 g/mol. The molecule has 4 heterocycles. The molecule has 13 heteroatoms. The van der Waals surface area contributed by atoms with Crippen molar-refractivity contribution in [1.29, 1.82) is 0 Å². The fraction of sp³-hybridized carbons (Fsp3) is 0.400. The van der Waals surface area contributed by atoms with Gasteiger partial charge in [-0.15, -0.1) is 0 Å². The van der Waals surface area contributed by atoms with Crippen LogP contribution in [0.4, 0.5) is 9.18 Å². The molecule has 0 bridgehead atoms. The van der Waals surface area contributed by atoms with Gasteiger partial charge in [-0.3, -0.25) is 0 Å². The molecule has 0 radical (unpaired) electrons.